The van der Waals surface area contributed by atoms with Gasteiger partial charge in [0.15, 0.2) is 0 Å². The molecule has 2 amide bonds. The molecule has 0 fully saturated rings. The van der Waals surface area contributed by atoms with E-state index >= 15 is 0 Å². The second-order valence-electron chi connectivity index (χ2n) is 16.4. The van der Waals surface area contributed by atoms with Crippen molar-refractivity contribution in [3.63, 3.8) is 0 Å². The molecule has 1 aliphatic heterocycles. The SMILES string of the molecule is CCCCCCCCCCCCc1cc(-c2cc(CCCCCCCCCCCC)c(-c3sc(C)c4c3C(=O)N(CC(CC)CCCC)C4=O)s2)sc1C.[NH]. The second kappa shape index (κ2) is 26.3. The summed E-state index contributed by atoms with van der Waals surface area (Å²) >= 11 is 5.48. The lowest BCUT2D eigenvalue weighted by Crippen LogP contribution is -2.34. The molecule has 0 spiro atoms. The lowest BCUT2D eigenvalue weighted by molar-refractivity contribution is 0.0624. The van der Waals surface area contributed by atoms with E-state index in [1.807, 2.05) is 22.7 Å². The van der Waals surface area contributed by atoms with Crippen LogP contribution < -0.4 is 6.15 Å². The summed E-state index contributed by atoms with van der Waals surface area (Å²) in [5, 5.41) is 0. The van der Waals surface area contributed by atoms with Crippen molar-refractivity contribution in [1.29, 1.82) is 0 Å². The minimum absolute atomic E-state index is 0. The van der Waals surface area contributed by atoms with Crippen molar-refractivity contribution in [3.8, 4) is 19.5 Å². The predicted octanol–water partition coefficient (Wildman–Crippen LogP) is 16.3. The maximum atomic E-state index is 14.2. The average Bonchev–Trinajstić information content (AvgIpc) is 3.91. The first-order valence-corrected chi connectivity index (χ1v) is 25.0. The summed E-state index contributed by atoms with van der Waals surface area (Å²) in [4.78, 5) is 37.0. The van der Waals surface area contributed by atoms with Crippen molar-refractivity contribution < 1.29 is 9.59 Å². The van der Waals surface area contributed by atoms with Crippen LogP contribution in [0.3, 0.4) is 0 Å². The molecule has 7 heteroatoms. The highest BCUT2D eigenvalue weighted by Gasteiger charge is 2.42. The van der Waals surface area contributed by atoms with Gasteiger partial charge in [0.05, 0.1) is 16.0 Å². The van der Waals surface area contributed by atoms with Crippen molar-refractivity contribution in [1.82, 2.24) is 11.1 Å². The zero-order valence-electron chi connectivity index (χ0n) is 35.8. The molecule has 1 aliphatic rings. The van der Waals surface area contributed by atoms with Crippen molar-refractivity contribution in [2.45, 2.75) is 208 Å². The Kier molecular flexibility index (Phi) is 22.7. The first-order valence-electron chi connectivity index (χ1n) is 22.6. The van der Waals surface area contributed by atoms with E-state index < -0.39 is 0 Å². The van der Waals surface area contributed by atoms with Gasteiger partial charge in [-0.1, -0.05) is 163 Å². The van der Waals surface area contributed by atoms with Gasteiger partial charge >= 0.3 is 0 Å². The van der Waals surface area contributed by atoms with E-state index in [4.69, 9.17) is 0 Å². The Hall–Kier alpha value is -1.80. The number of amides is 2. The van der Waals surface area contributed by atoms with Gasteiger partial charge in [-0.25, -0.2) is 0 Å². The maximum absolute atomic E-state index is 14.2. The topological polar surface area (TPSA) is 69.4 Å². The number of thiophene rings is 3. The highest BCUT2D eigenvalue weighted by Crippen LogP contribution is 2.49. The van der Waals surface area contributed by atoms with Crippen LogP contribution in [0.25, 0.3) is 19.5 Å². The zero-order chi connectivity index (χ0) is 38.7. The number of hydrogen-bond acceptors (Lipinski definition) is 5. The van der Waals surface area contributed by atoms with E-state index in [1.54, 1.807) is 16.2 Å². The summed E-state index contributed by atoms with van der Waals surface area (Å²) in [6, 6.07) is 4.91. The summed E-state index contributed by atoms with van der Waals surface area (Å²) in [7, 11) is 0. The van der Waals surface area contributed by atoms with E-state index in [9.17, 15) is 9.59 Å². The van der Waals surface area contributed by atoms with Crippen LogP contribution in [-0.2, 0) is 12.8 Å². The fraction of sp³-hybridized carbons (Fsp3) is 0.708. The molecule has 0 bridgehead atoms. The van der Waals surface area contributed by atoms with Crippen LogP contribution in [0.2, 0.25) is 0 Å². The van der Waals surface area contributed by atoms with E-state index in [-0.39, 0.29) is 18.0 Å². The normalized spacial score (nSPS) is 13.2. The largest absolute Gasteiger partial charge is 0.274 e. The summed E-state index contributed by atoms with van der Waals surface area (Å²) < 4.78 is 0. The highest BCUT2D eigenvalue weighted by molar-refractivity contribution is 7.27. The van der Waals surface area contributed by atoms with E-state index in [2.05, 4.69) is 53.7 Å². The Labute approximate surface area is 349 Å². The lowest BCUT2D eigenvalue weighted by Gasteiger charge is -2.21. The van der Waals surface area contributed by atoms with Crippen LogP contribution in [-0.4, -0.2) is 23.3 Å². The Morgan fingerprint density at radius 1 is 0.509 bits per heavy atom. The number of aryl methyl sites for hydroxylation is 4. The third-order valence-corrected chi connectivity index (χ3v) is 15.6. The minimum Gasteiger partial charge on any atom is -0.274 e. The van der Waals surface area contributed by atoms with Gasteiger partial charge in [-0.05, 0) is 75.1 Å². The highest BCUT2D eigenvalue weighted by atomic mass is 32.1. The van der Waals surface area contributed by atoms with Crippen LogP contribution in [0, 0.1) is 19.8 Å². The number of imide groups is 1. The molecule has 4 rings (SSSR count). The van der Waals surface area contributed by atoms with Gasteiger partial charge in [0, 0.05) is 30.9 Å². The Morgan fingerprint density at radius 2 is 0.964 bits per heavy atom. The number of hydrogen-bond donors (Lipinski definition) is 0. The quantitative estimate of drug-likeness (QED) is 0.0497. The second-order valence-corrected chi connectivity index (χ2v) is 19.9. The van der Waals surface area contributed by atoms with Gasteiger partial charge in [-0.3, -0.25) is 14.5 Å². The van der Waals surface area contributed by atoms with Crippen molar-refractivity contribution in [2.24, 2.45) is 5.92 Å². The molecule has 0 saturated carbocycles. The van der Waals surface area contributed by atoms with Gasteiger partial charge in [0.25, 0.3) is 11.8 Å². The third kappa shape index (κ3) is 14.2. The van der Waals surface area contributed by atoms with Gasteiger partial charge in [-0.15, -0.1) is 34.0 Å². The van der Waals surface area contributed by atoms with Crippen LogP contribution in [0.15, 0.2) is 12.1 Å². The molecule has 1 N–H and O–H groups in total. The summed E-state index contributed by atoms with van der Waals surface area (Å²) in [5.41, 5.74) is 4.25. The molecule has 308 valence electrons. The molecule has 1 atom stereocenters. The molecule has 0 aliphatic carbocycles. The molecular weight excluding hydrogens is 733 g/mol. The number of carbonyl (C=O) groups is 2. The smallest absolute Gasteiger partial charge is 0.263 e. The number of unbranched alkanes of at least 4 members (excludes halogenated alkanes) is 19. The van der Waals surface area contributed by atoms with Gasteiger partial charge < -0.3 is 0 Å². The van der Waals surface area contributed by atoms with E-state index in [0.717, 1.165) is 41.9 Å². The summed E-state index contributed by atoms with van der Waals surface area (Å²) in [6.45, 7) is 13.9. The lowest BCUT2D eigenvalue weighted by atomic mass is 9.99. The molecule has 1 unspecified atom stereocenters. The summed E-state index contributed by atoms with van der Waals surface area (Å²) in [6.07, 6.45) is 33.5. The summed E-state index contributed by atoms with van der Waals surface area (Å²) in [5.74, 6) is 0.240. The molecule has 0 aromatic carbocycles. The predicted molar refractivity (Wildman–Crippen MR) is 243 cm³/mol. The van der Waals surface area contributed by atoms with Crippen molar-refractivity contribution >= 4 is 45.8 Å². The zero-order valence-corrected chi connectivity index (χ0v) is 38.3. The first-order chi connectivity index (χ1) is 26.3. The fourth-order valence-electron chi connectivity index (χ4n) is 8.29. The van der Waals surface area contributed by atoms with Crippen LogP contribution in [0.1, 0.15) is 223 Å². The average molecular weight is 809 g/mol. The van der Waals surface area contributed by atoms with E-state index in [1.165, 1.54) is 165 Å². The molecule has 0 saturated heterocycles. The van der Waals surface area contributed by atoms with Gasteiger partial charge in [0.2, 0.25) is 0 Å². The number of nitrogens with one attached hydrogen (secondary N) is 1. The fourth-order valence-corrected chi connectivity index (χ4v) is 12.0. The Bertz CT molecular complexity index is 1550. The molecule has 55 heavy (non-hydrogen) atoms. The number of fused-ring (bicyclic) bond motifs is 1. The van der Waals surface area contributed by atoms with E-state index in [0.29, 0.717) is 23.6 Å². The molecule has 2 radical (unpaired) electrons. The number of nitrogens with zero attached hydrogens (tertiary/aromatic N) is 1. The number of carbonyl (C=O) groups excluding carboxylic acids is 2. The molecule has 4 nitrogen and oxygen atoms in total. The van der Waals surface area contributed by atoms with Gasteiger partial charge in [0.1, 0.15) is 0 Å². The molecule has 3 aromatic rings. The Morgan fingerprint density at radius 3 is 1.49 bits per heavy atom. The molecule has 3 aromatic heterocycles. The van der Waals surface area contributed by atoms with Crippen LogP contribution in [0.4, 0.5) is 0 Å². The van der Waals surface area contributed by atoms with Gasteiger partial charge in [-0.2, -0.15) is 6.15 Å². The molecular formula is C48H76N2O2S3. The molecule has 4 heterocycles. The van der Waals surface area contributed by atoms with Crippen molar-refractivity contribution in [2.75, 3.05) is 6.54 Å². The third-order valence-electron chi connectivity index (χ3n) is 11.9. The van der Waals surface area contributed by atoms with Crippen molar-refractivity contribution in [3.05, 3.63) is 44.1 Å². The van der Waals surface area contributed by atoms with Crippen LogP contribution >= 0.6 is 34.0 Å². The monoisotopic (exact) mass is 809 g/mol. The standard InChI is InChI=1S/C48H75NO2S3.HN/c1-7-11-14-16-18-20-22-24-26-28-31-39-33-41(52-36(39)5)42-34-40(32-29-27-25-23-21-19-17-15-12-8-2)45(54-42)46-44-43(37(6)53-46)47(50)49(48(44)51)35-38(10-4)30-13-9-3;/h33-34,38H,7-32,35H2,1-6H3;1H. The maximum Gasteiger partial charge on any atom is 0.263 e. The Balaban J connectivity index is 0.00000812. The first kappa shape index (κ1) is 47.6. The minimum atomic E-state index is -0.0662. The van der Waals surface area contributed by atoms with Crippen LogP contribution in [0.5, 0.6) is 0 Å². The number of rotatable bonds is 30.